The molecule has 2 rings (SSSR count). The number of benzene rings is 1. The number of hydrogen-bond acceptors (Lipinski definition) is 2. The van der Waals surface area contributed by atoms with E-state index in [1.807, 2.05) is 0 Å². The first-order valence-corrected chi connectivity index (χ1v) is 6.72. The molecule has 5 heteroatoms. The van der Waals surface area contributed by atoms with Crippen LogP contribution in [0.15, 0.2) is 12.1 Å². The molecule has 1 aromatic carbocycles. The van der Waals surface area contributed by atoms with Crippen LogP contribution in [0.3, 0.4) is 0 Å². The van der Waals surface area contributed by atoms with E-state index in [1.54, 1.807) is 12.1 Å². The Labute approximate surface area is 116 Å². The van der Waals surface area contributed by atoms with Gasteiger partial charge >= 0.3 is 0 Å². The molecule has 0 saturated carbocycles. The molecule has 0 aliphatic carbocycles. The Morgan fingerprint density at radius 3 is 2.71 bits per heavy atom. The van der Waals surface area contributed by atoms with Crippen LogP contribution >= 0.6 is 34.8 Å². The van der Waals surface area contributed by atoms with Crippen LogP contribution in [-0.4, -0.2) is 19.8 Å². The van der Waals surface area contributed by atoms with E-state index < -0.39 is 0 Å². The highest BCUT2D eigenvalue weighted by Gasteiger charge is 2.15. The first kappa shape index (κ1) is 13.4. The highest BCUT2D eigenvalue weighted by Crippen LogP contribution is 2.31. The molecular weight excluding hydrogens is 280 g/mol. The van der Waals surface area contributed by atoms with Crippen LogP contribution in [0.25, 0.3) is 0 Å². The summed E-state index contributed by atoms with van der Waals surface area (Å²) in [5.41, 5.74) is 0.861. The van der Waals surface area contributed by atoms with Crippen molar-refractivity contribution >= 4 is 34.8 Å². The third-order valence-corrected chi connectivity index (χ3v) is 4.10. The molecule has 17 heavy (non-hydrogen) atoms. The molecule has 1 aliphatic rings. The predicted octanol–water partition coefficient (Wildman–Crippen LogP) is 3.77. The lowest BCUT2D eigenvalue weighted by atomic mass is 10.1. The Balaban J connectivity index is 1.91. The van der Waals surface area contributed by atoms with Crippen molar-refractivity contribution < 1.29 is 4.74 Å². The number of hydrogen-bond donors (Lipinski definition) is 1. The van der Waals surface area contributed by atoms with Gasteiger partial charge in [-0.25, -0.2) is 0 Å². The summed E-state index contributed by atoms with van der Waals surface area (Å²) in [5, 5.41) is 5.07. The molecule has 0 amide bonds. The maximum absolute atomic E-state index is 6.11. The molecule has 1 saturated heterocycles. The summed E-state index contributed by atoms with van der Waals surface area (Å²) in [6.45, 7) is 3.25. The highest BCUT2D eigenvalue weighted by atomic mass is 35.5. The molecular formula is C12H14Cl3NO. The van der Waals surface area contributed by atoms with Crippen molar-refractivity contribution in [3.8, 4) is 0 Å². The predicted molar refractivity (Wildman–Crippen MR) is 72.1 cm³/mol. The van der Waals surface area contributed by atoms with Crippen molar-refractivity contribution in [1.82, 2.24) is 5.32 Å². The molecule has 1 atom stereocenters. The molecule has 2 nitrogen and oxygen atoms in total. The SMILES string of the molecule is Clc1ccc(Cl)c(CNCC2CCOC2)c1Cl. The van der Waals surface area contributed by atoms with Crippen molar-refractivity contribution in [1.29, 1.82) is 0 Å². The van der Waals surface area contributed by atoms with Gasteiger partial charge in [-0.15, -0.1) is 0 Å². The molecule has 0 radical (unpaired) electrons. The molecule has 1 N–H and O–H groups in total. The van der Waals surface area contributed by atoms with Gasteiger partial charge in [0.1, 0.15) is 0 Å². The molecule has 0 spiro atoms. The smallest absolute Gasteiger partial charge is 0.0652 e. The molecule has 94 valence electrons. The van der Waals surface area contributed by atoms with E-state index in [1.165, 1.54) is 0 Å². The number of halogens is 3. The van der Waals surface area contributed by atoms with Crippen LogP contribution in [0.5, 0.6) is 0 Å². The normalized spacial score (nSPS) is 19.8. The lowest BCUT2D eigenvalue weighted by Crippen LogP contribution is -2.22. The van der Waals surface area contributed by atoms with Crippen LogP contribution in [-0.2, 0) is 11.3 Å². The second kappa shape index (κ2) is 6.26. The summed E-state index contributed by atoms with van der Waals surface area (Å²) in [5.74, 6) is 0.590. The van der Waals surface area contributed by atoms with Crippen LogP contribution in [0.2, 0.25) is 15.1 Å². The Kier molecular flexibility index (Phi) is 4.95. The lowest BCUT2D eigenvalue weighted by Gasteiger charge is -2.12. The van der Waals surface area contributed by atoms with Gasteiger partial charge < -0.3 is 10.1 Å². The van der Waals surface area contributed by atoms with E-state index in [-0.39, 0.29) is 0 Å². The van der Waals surface area contributed by atoms with Crippen molar-refractivity contribution in [3.05, 3.63) is 32.8 Å². The molecule has 1 unspecified atom stereocenters. The number of nitrogens with one attached hydrogen (secondary N) is 1. The Bertz CT molecular complexity index is 392. The maximum Gasteiger partial charge on any atom is 0.0652 e. The van der Waals surface area contributed by atoms with Crippen molar-refractivity contribution in [2.75, 3.05) is 19.8 Å². The fourth-order valence-corrected chi connectivity index (χ4v) is 2.56. The van der Waals surface area contributed by atoms with Crippen molar-refractivity contribution in [2.24, 2.45) is 5.92 Å². The fourth-order valence-electron chi connectivity index (χ4n) is 1.88. The van der Waals surface area contributed by atoms with E-state index in [9.17, 15) is 0 Å². The van der Waals surface area contributed by atoms with Gasteiger partial charge in [0.25, 0.3) is 0 Å². The zero-order valence-electron chi connectivity index (χ0n) is 9.31. The van der Waals surface area contributed by atoms with Crippen LogP contribution in [0.1, 0.15) is 12.0 Å². The van der Waals surface area contributed by atoms with Crippen molar-refractivity contribution in [3.63, 3.8) is 0 Å². The Morgan fingerprint density at radius 2 is 2.00 bits per heavy atom. The largest absolute Gasteiger partial charge is 0.381 e. The average molecular weight is 295 g/mol. The maximum atomic E-state index is 6.11. The average Bonchev–Trinajstić information content (AvgIpc) is 2.81. The van der Waals surface area contributed by atoms with E-state index in [2.05, 4.69) is 5.32 Å². The van der Waals surface area contributed by atoms with E-state index in [0.29, 0.717) is 27.5 Å². The first-order valence-electron chi connectivity index (χ1n) is 5.59. The van der Waals surface area contributed by atoms with Gasteiger partial charge in [-0.05, 0) is 24.5 Å². The highest BCUT2D eigenvalue weighted by molar-refractivity contribution is 6.44. The standard InChI is InChI=1S/C12H14Cl3NO/c13-10-1-2-11(14)12(15)9(10)6-16-5-8-3-4-17-7-8/h1-2,8,16H,3-7H2. The summed E-state index contributed by atoms with van der Waals surface area (Å²) < 4.78 is 5.31. The van der Waals surface area contributed by atoms with Crippen molar-refractivity contribution in [2.45, 2.75) is 13.0 Å². The molecule has 1 aliphatic heterocycles. The monoisotopic (exact) mass is 293 g/mol. The van der Waals surface area contributed by atoms with Crippen LogP contribution in [0.4, 0.5) is 0 Å². The van der Waals surface area contributed by atoms with Crippen LogP contribution < -0.4 is 5.32 Å². The minimum atomic E-state index is 0.536. The van der Waals surface area contributed by atoms with E-state index in [0.717, 1.165) is 31.7 Å². The topological polar surface area (TPSA) is 21.3 Å². The zero-order valence-corrected chi connectivity index (χ0v) is 11.6. The molecule has 0 bridgehead atoms. The quantitative estimate of drug-likeness (QED) is 0.854. The summed E-state index contributed by atoms with van der Waals surface area (Å²) >= 11 is 18.2. The summed E-state index contributed by atoms with van der Waals surface area (Å²) in [4.78, 5) is 0. The lowest BCUT2D eigenvalue weighted by molar-refractivity contribution is 0.185. The second-order valence-electron chi connectivity index (χ2n) is 4.18. The zero-order chi connectivity index (χ0) is 12.3. The summed E-state index contributed by atoms with van der Waals surface area (Å²) in [7, 11) is 0. The molecule has 1 heterocycles. The van der Waals surface area contributed by atoms with Gasteiger partial charge in [0.05, 0.1) is 16.7 Å². The third-order valence-electron chi connectivity index (χ3n) is 2.90. The minimum absolute atomic E-state index is 0.536. The molecule has 1 aromatic rings. The van der Waals surface area contributed by atoms with Gasteiger partial charge in [-0.2, -0.15) is 0 Å². The van der Waals surface area contributed by atoms with Gasteiger partial charge in [0, 0.05) is 30.3 Å². The first-order chi connectivity index (χ1) is 8.18. The third kappa shape index (κ3) is 3.49. The second-order valence-corrected chi connectivity index (χ2v) is 5.37. The minimum Gasteiger partial charge on any atom is -0.381 e. The van der Waals surface area contributed by atoms with Gasteiger partial charge in [0.15, 0.2) is 0 Å². The fraction of sp³-hybridized carbons (Fsp3) is 0.500. The summed E-state index contributed by atoms with van der Waals surface area (Å²) in [6, 6.07) is 3.48. The molecule has 0 aromatic heterocycles. The number of ether oxygens (including phenoxy) is 1. The number of rotatable bonds is 4. The van der Waals surface area contributed by atoms with E-state index >= 15 is 0 Å². The Morgan fingerprint density at radius 1 is 1.24 bits per heavy atom. The van der Waals surface area contributed by atoms with Gasteiger partial charge in [-0.1, -0.05) is 34.8 Å². The van der Waals surface area contributed by atoms with Crippen LogP contribution in [0, 0.1) is 5.92 Å². The Hall–Kier alpha value is 0.01000. The van der Waals surface area contributed by atoms with Gasteiger partial charge in [0.2, 0.25) is 0 Å². The van der Waals surface area contributed by atoms with E-state index in [4.69, 9.17) is 39.5 Å². The summed E-state index contributed by atoms with van der Waals surface area (Å²) in [6.07, 6.45) is 1.12. The van der Waals surface area contributed by atoms with Gasteiger partial charge in [-0.3, -0.25) is 0 Å². The molecule has 1 fully saturated rings.